The minimum atomic E-state index is -2.41. The number of rotatable bonds is 2. The van der Waals surface area contributed by atoms with E-state index in [-0.39, 0.29) is 5.75 Å². The molecule has 0 saturated heterocycles. The smallest absolute Gasteiger partial charge is 0.146 e. The van der Waals surface area contributed by atoms with E-state index in [1.165, 1.54) is 11.3 Å². The van der Waals surface area contributed by atoms with Gasteiger partial charge in [0.05, 0.1) is 16.0 Å². The summed E-state index contributed by atoms with van der Waals surface area (Å²) >= 11 is 7.16. The van der Waals surface area contributed by atoms with E-state index in [2.05, 4.69) is 4.98 Å². The zero-order valence-corrected chi connectivity index (χ0v) is 9.40. The summed E-state index contributed by atoms with van der Waals surface area (Å²) in [4.78, 5) is 4.16. The molecule has 2 rings (SSSR count). The van der Waals surface area contributed by atoms with Crippen LogP contribution in [0.2, 0.25) is 5.02 Å². The molecule has 0 bridgehead atoms. The highest BCUT2D eigenvalue weighted by Gasteiger charge is 2.04. The second-order valence-electron chi connectivity index (χ2n) is 2.71. The number of hydrogen-bond acceptors (Lipinski definition) is 4. The van der Waals surface area contributed by atoms with Crippen molar-refractivity contribution in [3.63, 3.8) is 0 Å². The third kappa shape index (κ3) is 2.05. The van der Waals surface area contributed by atoms with Gasteiger partial charge in [-0.25, -0.2) is 13.4 Å². The summed E-state index contributed by atoms with van der Waals surface area (Å²) in [5.41, 5.74) is 0.759. The lowest BCUT2D eigenvalue weighted by molar-refractivity contribution is 0.614. The average Bonchev–Trinajstić information content (AvgIpc) is 2.44. The molecule has 0 saturated carbocycles. The van der Waals surface area contributed by atoms with Gasteiger partial charge in [-0.2, -0.15) is 0 Å². The Labute approximate surface area is 91.3 Å². The number of halogens is 1. The van der Waals surface area contributed by atoms with Gasteiger partial charge in [0.25, 0.3) is 0 Å². The molecule has 2 aromatic rings. The molecule has 0 atom stereocenters. The highest BCUT2D eigenvalue weighted by Crippen LogP contribution is 2.25. The first-order chi connectivity index (χ1) is 6.65. The van der Waals surface area contributed by atoms with Crippen LogP contribution in [0.5, 0.6) is 0 Å². The SMILES string of the molecule is O=[SH](=O)Cc1nc2cc(Cl)ccc2s1. The molecule has 0 spiro atoms. The highest BCUT2D eigenvalue weighted by molar-refractivity contribution is 7.71. The molecule has 0 aliphatic heterocycles. The maximum Gasteiger partial charge on any atom is 0.146 e. The summed E-state index contributed by atoms with van der Waals surface area (Å²) in [5.74, 6) is 0.00625. The van der Waals surface area contributed by atoms with Gasteiger partial charge in [-0.1, -0.05) is 11.6 Å². The van der Waals surface area contributed by atoms with Gasteiger partial charge in [0, 0.05) is 5.02 Å². The molecule has 14 heavy (non-hydrogen) atoms. The van der Waals surface area contributed by atoms with Crippen molar-refractivity contribution < 1.29 is 8.42 Å². The van der Waals surface area contributed by atoms with Gasteiger partial charge in [-0.3, -0.25) is 0 Å². The molecule has 1 aromatic carbocycles. The van der Waals surface area contributed by atoms with Gasteiger partial charge in [0.2, 0.25) is 0 Å². The van der Waals surface area contributed by atoms with Gasteiger partial charge < -0.3 is 0 Å². The number of thiol groups is 1. The van der Waals surface area contributed by atoms with E-state index in [9.17, 15) is 8.42 Å². The summed E-state index contributed by atoms with van der Waals surface area (Å²) in [6, 6.07) is 5.34. The van der Waals surface area contributed by atoms with Crippen LogP contribution >= 0.6 is 22.9 Å². The van der Waals surface area contributed by atoms with E-state index in [4.69, 9.17) is 11.6 Å². The average molecular weight is 248 g/mol. The lowest BCUT2D eigenvalue weighted by Gasteiger charge is -1.86. The molecule has 3 nitrogen and oxygen atoms in total. The third-order valence-electron chi connectivity index (χ3n) is 1.66. The van der Waals surface area contributed by atoms with Crippen LogP contribution < -0.4 is 0 Å². The molecule has 1 aromatic heterocycles. The predicted molar refractivity (Wildman–Crippen MR) is 58.6 cm³/mol. The van der Waals surface area contributed by atoms with Crippen molar-refractivity contribution in [3.05, 3.63) is 28.2 Å². The van der Waals surface area contributed by atoms with Crippen LogP contribution in [0.3, 0.4) is 0 Å². The van der Waals surface area contributed by atoms with Crippen LogP contribution in [0.25, 0.3) is 10.2 Å². The van der Waals surface area contributed by atoms with Crippen molar-refractivity contribution in [3.8, 4) is 0 Å². The molecular weight excluding hydrogens is 242 g/mol. The highest BCUT2D eigenvalue weighted by atomic mass is 35.5. The number of thiazole rings is 1. The van der Waals surface area contributed by atoms with Crippen molar-refractivity contribution in [2.24, 2.45) is 0 Å². The minimum Gasteiger partial charge on any atom is -0.240 e. The fourth-order valence-corrected chi connectivity index (χ4v) is 2.90. The van der Waals surface area contributed by atoms with E-state index in [1.807, 2.05) is 6.07 Å². The standard InChI is InChI=1S/C8H6ClNO2S2/c9-5-1-2-7-6(3-5)10-8(13-7)4-14(11)12/h1-3,14H,4H2. The molecule has 0 unspecified atom stereocenters. The van der Waals surface area contributed by atoms with Crippen molar-refractivity contribution in [2.75, 3.05) is 0 Å². The van der Waals surface area contributed by atoms with E-state index < -0.39 is 10.7 Å². The minimum absolute atomic E-state index is 0.00625. The first kappa shape index (κ1) is 9.89. The van der Waals surface area contributed by atoms with Crippen LogP contribution in [-0.4, -0.2) is 13.4 Å². The number of fused-ring (bicyclic) bond motifs is 1. The normalized spacial score (nSPS) is 11.3. The third-order valence-corrected chi connectivity index (χ3v) is 3.70. The summed E-state index contributed by atoms with van der Waals surface area (Å²) in [6.45, 7) is 0. The first-order valence-corrected chi connectivity index (χ1v) is 6.37. The van der Waals surface area contributed by atoms with Gasteiger partial charge >= 0.3 is 0 Å². The van der Waals surface area contributed by atoms with Gasteiger partial charge in [-0.15, -0.1) is 11.3 Å². The van der Waals surface area contributed by atoms with Crippen LogP contribution in [0.4, 0.5) is 0 Å². The summed E-state index contributed by atoms with van der Waals surface area (Å²) in [7, 11) is -2.41. The Balaban J connectivity index is 2.51. The fourth-order valence-electron chi connectivity index (χ4n) is 1.13. The molecular formula is C8H6ClNO2S2. The molecule has 0 aliphatic carbocycles. The maximum atomic E-state index is 10.5. The molecule has 0 aliphatic rings. The van der Waals surface area contributed by atoms with Gasteiger partial charge in [0.1, 0.15) is 15.7 Å². The Hall–Kier alpha value is -0.650. The molecule has 0 radical (unpaired) electrons. The van der Waals surface area contributed by atoms with E-state index in [0.29, 0.717) is 10.0 Å². The van der Waals surface area contributed by atoms with Crippen molar-refractivity contribution in [2.45, 2.75) is 5.75 Å². The van der Waals surface area contributed by atoms with Crippen LogP contribution in [0.15, 0.2) is 18.2 Å². The van der Waals surface area contributed by atoms with E-state index >= 15 is 0 Å². The zero-order chi connectivity index (χ0) is 10.1. The molecule has 0 amide bonds. The molecule has 6 heteroatoms. The summed E-state index contributed by atoms with van der Waals surface area (Å²) in [5, 5.41) is 1.22. The largest absolute Gasteiger partial charge is 0.240 e. The Morgan fingerprint density at radius 2 is 2.21 bits per heavy atom. The van der Waals surface area contributed by atoms with Crippen LogP contribution in [-0.2, 0) is 16.5 Å². The fraction of sp³-hybridized carbons (Fsp3) is 0.125. The Morgan fingerprint density at radius 3 is 2.93 bits per heavy atom. The molecule has 0 N–H and O–H groups in total. The van der Waals surface area contributed by atoms with Gasteiger partial charge in [0.15, 0.2) is 0 Å². The monoisotopic (exact) mass is 247 g/mol. The Morgan fingerprint density at radius 1 is 1.43 bits per heavy atom. The lowest BCUT2D eigenvalue weighted by Crippen LogP contribution is -1.83. The first-order valence-electron chi connectivity index (χ1n) is 3.82. The van der Waals surface area contributed by atoms with Crippen LogP contribution in [0.1, 0.15) is 5.01 Å². The number of hydrogen-bond donors (Lipinski definition) is 1. The number of nitrogens with zero attached hydrogens (tertiary/aromatic N) is 1. The van der Waals surface area contributed by atoms with E-state index in [0.717, 1.165) is 10.2 Å². The van der Waals surface area contributed by atoms with Crippen molar-refractivity contribution >= 4 is 43.9 Å². The number of aromatic nitrogens is 1. The second kappa shape index (κ2) is 3.84. The quantitative estimate of drug-likeness (QED) is 0.827. The molecule has 0 fully saturated rings. The molecule has 1 heterocycles. The Bertz CT molecular complexity index is 539. The Kier molecular flexibility index (Phi) is 2.71. The zero-order valence-electron chi connectivity index (χ0n) is 6.94. The van der Waals surface area contributed by atoms with Gasteiger partial charge in [-0.05, 0) is 18.2 Å². The summed E-state index contributed by atoms with van der Waals surface area (Å²) in [6.07, 6.45) is 0. The summed E-state index contributed by atoms with van der Waals surface area (Å²) < 4.78 is 21.9. The number of benzene rings is 1. The second-order valence-corrected chi connectivity index (χ2v) is 5.24. The van der Waals surface area contributed by atoms with Crippen molar-refractivity contribution in [1.82, 2.24) is 4.98 Å². The maximum absolute atomic E-state index is 10.5. The lowest BCUT2D eigenvalue weighted by atomic mass is 10.3. The predicted octanol–water partition coefficient (Wildman–Crippen LogP) is 2.06. The topological polar surface area (TPSA) is 47.0 Å². The van der Waals surface area contributed by atoms with Crippen LogP contribution in [0, 0.1) is 0 Å². The van der Waals surface area contributed by atoms with E-state index in [1.54, 1.807) is 12.1 Å². The molecule has 74 valence electrons. The van der Waals surface area contributed by atoms with Crippen molar-refractivity contribution in [1.29, 1.82) is 0 Å².